The maximum Gasteiger partial charge on any atom is 0.433 e. The summed E-state index contributed by atoms with van der Waals surface area (Å²) in [4.78, 5) is 38.9. The van der Waals surface area contributed by atoms with Crippen molar-refractivity contribution in [3.8, 4) is 11.1 Å². The molecule has 6 rings (SSSR count). The van der Waals surface area contributed by atoms with Crippen molar-refractivity contribution in [2.75, 3.05) is 6.54 Å². The molecule has 4 aromatic rings. The molecule has 0 radical (unpaired) electrons. The molecule has 7 nitrogen and oxygen atoms in total. The Kier molecular flexibility index (Phi) is 6.29. The highest BCUT2D eigenvalue weighted by molar-refractivity contribution is 5.83. The zero-order chi connectivity index (χ0) is 28.1. The van der Waals surface area contributed by atoms with Crippen LogP contribution >= 0.6 is 0 Å². The molecule has 0 bridgehead atoms. The number of rotatable bonds is 5. The van der Waals surface area contributed by atoms with E-state index >= 15 is 0 Å². The number of aromatic nitrogens is 3. The van der Waals surface area contributed by atoms with Crippen molar-refractivity contribution >= 4 is 5.91 Å². The Hall–Kier alpha value is -4.31. The number of H-pyrrole nitrogens is 1. The second-order valence-corrected chi connectivity index (χ2v) is 10.3. The molecule has 1 amide bonds. The van der Waals surface area contributed by atoms with Crippen molar-refractivity contribution in [2.45, 2.75) is 43.5 Å². The summed E-state index contributed by atoms with van der Waals surface area (Å²) in [5.41, 5.74) is 1.43. The lowest BCUT2D eigenvalue weighted by Crippen LogP contribution is -2.42. The van der Waals surface area contributed by atoms with Crippen LogP contribution in [0.2, 0.25) is 0 Å². The van der Waals surface area contributed by atoms with E-state index in [9.17, 15) is 27.9 Å². The monoisotopic (exact) mass is 546 g/mol. The van der Waals surface area contributed by atoms with E-state index in [2.05, 4.69) is 9.97 Å². The second kappa shape index (κ2) is 9.71. The number of aliphatic hydroxyl groups excluding tert-OH is 1. The SMILES string of the molecule is O=C([C@@H](O)c1cccc(-c2ccnc(C(F)(F)F)c2)c1)N1CCc2nc(C3(c4ccccc4)CC3)[nH]c(=O)c2C1. The van der Waals surface area contributed by atoms with Crippen molar-refractivity contribution in [1.29, 1.82) is 0 Å². The molecule has 1 aliphatic carbocycles. The van der Waals surface area contributed by atoms with Gasteiger partial charge in [-0.05, 0) is 53.3 Å². The van der Waals surface area contributed by atoms with Crippen LogP contribution in [0, 0.1) is 0 Å². The van der Waals surface area contributed by atoms with Gasteiger partial charge in [0.15, 0.2) is 6.10 Å². The largest absolute Gasteiger partial charge is 0.433 e. The molecule has 1 aliphatic heterocycles. The molecular formula is C30H25F3N4O3. The molecule has 1 saturated carbocycles. The Labute approximate surface area is 227 Å². The number of hydrogen-bond donors (Lipinski definition) is 2. The van der Waals surface area contributed by atoms with Gasteiger partial charge in [-0.1, -0.05) is 48.5 Å². The topological polar surface area (TPSA) is 99.2 Å². The van der Waals surface area contributed by atoms with Crippen LogP contribution in [0.3, 0.4) is 0 Å². The van der Waals surface area contributed by atoms with Crippen LogP contribution in [-0.2, 0) is 29.4 Å². The van der Waals surface area contributed by atoms with Crippen molar-refractivity contribution in [2.24, 2.45) is 0 Å². The third kappa shape index (κ3) is 4.68. The first kappa shape index (κ1) is 25.9. The van der Waals surface area contributed by atoms with Gasteiger partial charge in [0, 0.05) is 19.2 Å². The van der Waals surface area contributed by atoms with Crippen LogP contribution in [0.1, 0.15) is 52.8 Å². The summed E-state index contributed by atoms with van der Waals surface area (Å²) in [5, 5.41) is 10.9. The summed E-state index contributed by atoms with van der Waals surface area (Å²) >= 11 is 0. The third-order valence-electron chi connectivity index (χ3n) is 7.73. The number of benzene rings is 2. The lowest BCUT2D eigenvalue weighted by Gasteiger charge is -2.30. The van der Waals surface area contributed by atoms with E-state index in [0.29, 0.717) is 29.1 Å². The van der Waals surface area contributed by atoms with Gasteiger partial charge in [0.25, 0.3) is 11.5 Å². The summed E-state index contributed by atoms with van der Waals surface area (Å²) < 4.78 is 39.3. The van der Waals surface area contributed by atoms with E-state index in [1.165, 1.54) is 23.1 Å². The first-order valence-electron chi connectivity index (χ1n) is 12.9. The van der Waals surface area contributed by atoms with Gasteiger partial charge >= 0.3 is 6.18 Å². The number of carbonyl (C=O) groups is 1. The Morgan fingerprint density at radius 2 is 1.77 bits per heavy atom. The van der Waals surface area contributed by atoms with E-state index < -0.39 is 23.9 Å². The molecule has 0 saturated heterocycles. The van der Waals surface area contributed by atoms with Crippen LogP contribution in [0.15, 0.2) is 77.7 Å². The van der Waals surface area contributed by atoms with Crippen LogP contribution in [0.4, 0.5) is 13.2 Å². The van der Waals surface area contributed by atoms with Gasteiger partial charge in [0.1, 0.15) is 11.5 Å². The lowest BCUT2D eigenvalue weighted by molar-refractivity contribution is -0.142. The zero-order valence-corrected chi connectivity index (χ0v) is 21.3. The molecule has 0 spiro atoms. The van der Waals surface area contributed by atoms with Gasteiger partial charge in [-0.15, -0.1) is 0 Å². The standard InChI is InChI=1S/C30H25F3N4O3/c31-30(32,33)24-16-19(9-13-34-24)18-5-4-6-20(15-18)25(38)27(40)37-14-10-23-22(17-37)26(39)36-28(35-23)29(11-12-29)21-7-2-1-3-8-21/h1-9,13,15-16,25,38H,10-12,14,17H2,(H,35,36,39)/t25-/m0/s1. The first-order valence-corrected chi connectivity index (χ1v) is 12.9. The van der Waals surface area contributed by atoms with Gasteiger partial charge in [0.05, 0.1) is 23.2 Å². The fraction of sp³-hybridized carbons (Fsp3) is 0.267. The van der Waals surface area contributed by atoms with Crippen LogP contribution in [-0.4, -0.2) is 37.4 Å². The number of amides is 1. The van der Waals surface area contributed by atoms with Crippen molar-refractivity contribution in [1.82, 2.24) is 19.9 Å². The summed E-state index contributed by atoms with van der Waals surface area (Å²) in [7, 11) is 0. The molecule has 10 heteroatoms. The minimum atomic E-state index is -4.60. The fourth-order valence-electron chi connectivity index (χ4n) is 5.35. The van der Waals surface area contributed by atoms with Gasteiger partial charge < -0.3 is 15.0 Å². The molecule has 1 fully saturated rings. The Balaban J connectivity index is 1.22. The molecule has 1 atom stereocenters. The number of alkyl halides is 3. The van der Waals surface area contributed by atoms with Gasteiger partial charge in [0.2, 0.25) is 0 Å². The molecule has 2 aromatic carbocycles. The molecule has 2 N–H and O–H groups in total. The number of halogens is 3. The Bertz CT molecular complexity index is 1650. The lowest BCUT2D eigenvalue weighted by atomic mass is 9.94. The Morgan fingerprint density at radius 3 is 2.50 bits per heavy atom. The number of nitrogens with one attached hydrogen (secondary N) is 1. The summed E-state index contributed by atoms with van der Waals surface area (Å²) in [6.07, 6.45) is -2.92. The van der Waals surface area contributed by atoms with Crippen LogP contribution < -0.4 is 5.56 Å². The molecule has 3 heterocycles. The summed E-state index contributed by atoms with van der Waals surface area (Å²) in [5.74, 6) is 0.0452. The first-order chi connectivity index (χ1) is 19.2. The van der Waals surface area contributed by atoms with E-state index in [1.54, 1.807) is 12.1 Å². The van der Waals surface area contributed by atoms with Crippen molar-refractivity contribution in [3.63, 3.8) is 0 Å². The second-order valence-electron chi connectivity index (χ2n) is 10.3. The molecule has 2 aliphatic rings. The van der Waals surface area contributed by atoms with Gasteiger partial charge in [-0.3, -0.25) is 14.6 Å². The highest BCUT2D eigenvalue weighted by Gasteiger charge is 2.48. The highest BCUT2D eigenvalue weighted by atomic mass is 19.4. The van der Waals surface area contributed by atoms with Crippen molar-refractivity contribution in [3.05, 3.63) is 117 Å². The number of aliphatic hydroxyl groups is 1. The van der Waals surface area contributed by atoms with E-state index in [4.69, 9.17) is 4.98 Å². The zero-order valence-electron chi connectivity index (χ0n) is 21.3. The minimum absolute atomic E-state index is 0.00512. The normalized spacial score (nSPS) is 16.8. The van der Waals surface area contributed by atoms with Gasteiger partial charge in [-0.2, -0.15) is 13.2 Å². The molecule has 40 heavy (non-hydrogen) atoms. The Morgan fingerprint density at radius 1 is 1.02 bits per heavy atom. The van der Waals surface area contributed by atoms with Crippen molar-refractivity contribution < 1.29 is 23.1 Å². The molecular weight excluding hydrogens is 521 g/mol. The number of fused-ring (bicyclic) bond motifs is 1. The summed E-state index contributed by atoms with van der Waals surface area (Å²) in [6, 6.07) is 18.5. The highest BCUT2D eigenvalue weighted by Crippen LogP contribution is 2.52. The number of nitrogens with zero attached hydrogens (tertiary/aromatic N) is 3. The third-order valence-corrected chi connectivity index (χ3v) is 7.73. The number of hydrogen-bond acceptors (Lipinski definition) is 5. The minimum Gasteiger partial charge on any atom is -0.378 e. The van der Waals surface area contributed by atoms with Crippen LogP contribution in [0.25, 0.3) is 11.1 Å². The van der Waals surface area contributed by atoms with E-state index in [1.807, 2.05) is 30.3 Å². The number of carbonyl (C=O) groups excluding carboxylic acids is 1. The maximum absolute atomic E-state index is 13.3. The quantitative estimate of drug-likeness (QED) is 0.383. The van der Waals surface area contributed by atoms with Crippen LogP contribution in [0.5, 0.6) is 0 Å². The molecule has 2 aromatic heterocycles. The van der Waals surface area contributed by atoms with E-state index in [0.717, 1.165) is 30.7 Å². The van der Waals surface area contributed by atoms with E-state index in [-0.39, 0.29) is 35.2 Å². The van der Waals surface area contributed by atoms with Gasteiger partial charge in [-0.25, -0.2) is 4.98 Å². The maximum atomic E-state index is 13.3. The smallest absolute Gasteiger partial charge is 0.378 e. The number of aromatic amines is 1. The average Bonchev–Trinajstić information content (AvgIpc) is 3.79. The number of pyridine rings is 1. The predicted molar refractivity (Wildman–Crippen MR) is 140 cm³/mol. The fourth-order valence-corrected chi connectivity index (χ4v) is 5.35. The molecule has 0 unspecified atom stereocenters. The predicted octanol–water partition coefficient (Wildman–Crippen LogP) is 4.55. The molecule has 204 valence electrons. The average molecular weight is 547 g/mol. The summed E-state index contributed by atoms with van der Waals surface area (Å²) in [6.45, 7) is 0.279.